The molecule has 1 aliphatic heterocycles. The fourth-order valence-electron chi connectivity index (χ4n) is 5.80. The van der Waals surface area contributed by atoms with E-state index in [-0.39, 0.29) is 30.1 Å². The number of Topliss-reactive ketones (excluding diaryl/α,β-unsaturated/α-hetero) is 2. The van der Waals surface area contributed by atoms with E-state index < -0.39 is 30.3 Å². The number of esters is 2. The first-order valence-corrected chi connectivity index (χ1v) is 15.5. The number of thiophene rings is 1. The van der Waals surface area contributed by atoms with Gasteiger partial charge in [0.2, 0.25) is 5.78 Å². The van der Waals surface area contributed by atoms with Crippen LogP contribution in [0.3, 0.4) is 0 Å². The Balaban J connectivity index is 1.18. The molecule has 0 unspecified atom stereocenters. The Hall–Kier alpha value is -3.53. The molecule has 1 aromatic carbocycles. The molecule has 10 heteroatoms. The van der Waals surface area contributed by atoms with E-state index in [0.717, 1.165) is 53.7 Å². The molecule has 1 saturated heterocycles. The summed E-state index contributed by atoms with van der Waals surface area (Å²) in [6.07, 6.45) is 5.69. The molecule has 2 fully saturated rings. The number of hydrogen-bond acceptors (Lipinski definition) is 9. The van der Waals surface area contributed by atoms with Gasteiger partial charge in [0.1, 0.15) is 11.6 Å². The molecule has 1 amide bonds. The summed E-state index contributed by atoms with van der Waals surface area (Å²) in [6.45, 7) is 5.03. The average Bonchev–Trinajstić information content (AvgIpc) is 3.73. The second kappa shape index (κ2) is 12.4. The maximum atomic E-state index is 12.9. The van der Waals surface area contributed by atoms with Crippen LogP contribution in [0.25, 0.3) is 10.4 Å². The van der Waals surface area contributed by atoms with Crippen molar-refractivity contribution in [3.63, 3.8) is 0 Å². The van der Waals surface area contributed by atoms with Gasteiger partial charge >= 0.3 is 18.0 Å². The number of carbonyl (C=O) groups excluding carboxylic acids is 5. The first-order chi connectivity index (χ1) is 20.0. The van der Waals surface area contributed by atoms with E-state index in [9.17, 15) is 24.0 Å². The number of hydrogen-bond donors (Lipinski definition) is 0. The molecule has 2 aromatic rings. The van der Waals surface area contributed by atoms with E-state index >= 15 is 0 Å². The molecule has 5 rings (SSSR count). The summed E-state index contributed by atoms with van der Waals surface area (Å²) < 4.78 is 16.1. The lowest BCUT2D eigenvalue weighted by Gasteiger charge is -2.27. The highest BCUT2D eigenvalue weighted by atomic mass is 32.1. The standard InChI is InChI=1S/C32H37NO8S/c1-32(2,3)41-31(38)33-14-6-9-24(33)30(37)40-17-25(34)21-12-13-23-20(15-21)10-11-22-16-27(42-28(22)23)26(35)18-39-29(36)19-7-4-5-8-19/h12-13,15-16,19,24H,4-11,14,17-18H2,1-3H3/t24-/m0/s1. The van der Waals surface area contributed by atoms with Gasteiger partial charge < -0.3 is 14.2 Å². The molecule has 1 atom stereocenters. The quantitative estimate of drug-likeness (QED) is 0.221. The highest BCUT2D eigenvalue weighted by molar-refractivity contribution is 7.17. The summed E-state index contributed by atoms with van der Waals surface area (Å²) in [5.74, 6) is -1.51. The van der Waals surface area contributed by atoms with E-state index in [0.29, 0.717) is 36.2 Å². The minimum Gasteiger partial charge on any atom is -0.457 e. The number of likely N-dealkylation sites (tertiary alicyclic amines) is 1. The molecule has 0 spiro atoms. The number of rotatable bonds is 8. The van der Waals surface area contributed by atoms with Gasteiger partial charge in [0.15, 0.2) is 19.0 Å². The molecule has 9 nitrogen and oxygen atoms in total. The second-order valence-corrected chi connectivity index (χ2v) is 13.3. The smallest absolute Gasteiger partial charge is 0.411 e. The Morgan fingerprint density at radius 2 is 1.55 bits per heavy atom. The van der Waals surface area contributed by atoms with E-state index in [1.807, 2.05) is 18.2 Å². The second-order valence-electron chi connectivity index (χ2n) is 12.2. The van der Waals surface area contributed by atoms with Gasteiger partial charge in [-0.25, -0.2) is 9.59 Å². The lowest BCUT2D eigenvalue weighted by atomic mass is 9.89. The number of fused-ring (bicyclic) bond motifs is 3. The molecule has 42 heavy (non-hydrogen) atoms. The van der Waals surface area contributed by atoms with Gasteiger partial charge in [0.25, 0.3) is 0 Å². The summed E-state index contributed by atoms with van der Waals surface area (Å²) in [5, 5.41) is 0. The van der Waals surface area contributed by atoms with Crippen molar-refractivity contribution in [3.05, 3.63) is 45.8 Å². The van der Waals surface area contributed by atoms with Crippen LogP contribution in [0.2, 0.25) is 0 Å². The summed E-state index contributed by atoms with van der Waals surface area (Å²) >= 11 is 1.38. The average molecular weight is 596 g/mol. The molecule has 3 aliphatic rings. The van der Waals surface area contributed by atoms with Gasteiger partial charge in [0, 0.05) is 17.0 Å². The van der Waals surface area contributed by atoms with Crippen LogP contribution in [0.4, 0.5) is 4.79 Å². The van der Waals surface area contributed by atoms with Gasteiger partial charge in [-0.15, -0.1) is 11.3 Å². The van der Waals surface area contributed by atoms with E-state index in [1.165, 1.54) is 16.2 Å². The van der Waals surface area contributed by atoms with Crippen molar-refractivity contribution in [2.45, 2.75) is 83.8 Å². The number of nitrogens with zero attached hydrogens (tertiary/aromatic N) is 1. The maximum absolute atomic E-state index is 12.9. The first kappa shape index (κ1) is 29.9. The highest BCUT2D eigenvalue weighted by Gasteiger charge is 2.38. The van der Waals surface area contributed by atoms with Crippen molar-refractivity contribution < 1.29 is 38.2 Å². The number of aryl methyl sites for hydroxylation is 2. The Kier molecular flexibility index (Phi) is 8.82. The van der Waals surface area contributed by atoms with Crippen LogP contribution in [0, 0.1) is 5.92 Å². The zero-order valence-corrected chi connectivity index (χ0v) is 25.2. The van der Waals surface area contributed by atoms with Crippen molar-refractivity contribution in [1.82, 2.24) is 4.90 Å². The van der Waals surface area contributed by atoms with Crippen LogP contribution in [-0.2, 0) is 36.6 Å². The Morgan fingerprint density at radius 1 is 0.857 bits per heavy atom. The molecule has 1 aromatic heterocycles. The lowest BCUT2D eigenvalue weighted by Crippen LogP contribution is -2.44. The SMILES string of the molecule is CC(C)(C)OC(=O)N1CCC[C@H]1C(=O)OCC(=O)c1ccc2c(c1)CCc1cc(C(=O)COC(=O)C3CCCC3)sc1-2. The molecule has 1 saturated carbocycles. The predicted molar refractivity (Wildman–Crippen MR) is 156 cm³/mol. The van der Waals surface area contributed by atoms with Crippen molar-refractivity contribution >= 4 is 40.9 Å². The molecular weight excluding hydrogens is 558 g/mol. The Bertz CT molecular complexity index is 1400. The van der Waals surface area contributed by atoms with Crippen LogP contribution in [0.15, 0.2) is 24.3 Å². The minimum absolute atomic E-state index is 0.0868. The zero-order valence-electron chi connectivity index (χ0n) is 24.4. The predicted octanol–water partition coefficient (Wildman–Crippen LogP) is 5.56. The molecule has 0 N–H and O–H groups in total. The van der Waals surface area contributed by atoms with Gasteiger partial charge in [-0.2, -0.15) is 0 Å². The van der Waals surface area contributed by atoms with Crippen molar-refractivity contribution in [2.24, 2.45) is 5.92 Å². The van der Waals surface area contributed by atoms with Crippen molar-refractivity contribution in [3.8, 4) is 10.4 Å². The Labute approximate surface area is 249 Å². The number of benzene rings is 1. The highest BCUT2D eigenvalue weighted by Crippen LogP contribution is 2.40. The Morgan fingerprint density at radius 3 is 2.29 bits per heavy atom. The molecule has 2 heterocycles. The number of carbonyl (C=O) groups is 5. The molecule has 224 valence electrons. The first-order valence-electron chi connectivity index (χ1n) is 14.7. The van der Waals surface area contributed by atoms with Crippen LogP contribution in [-0.4, -0.2) is 65.9 Å². The number of ketones is 2. The largest absolute Gasteiger partial charge is 0.457 e. The molecule has 2 aliphatic carbocycles. The number of amides is 1. The maximum Gasteiger partial charge on any atom is 0.411 e. The van der Waals surface area contributed by atoms with Gasteiger partial charge in [-0.1, -0.05) is 25.0 Å². The monoisotopic (exact) mass is 595 g/mol. The third-order valence-electron chi connectivity index (χ3n) is 7.95. The van der Waals surface area contributed by atoms with Crippen molar-refractivity contribution in [1.29, 1.82) is 0 Å². The van der Waals surface area contributed by atoms with Crippen molar-refractivity contribution in [2.75, 3.05) is 19.8 Å². The fourth-order valence-corrected chi connectivity index (χ4v) is 6.99. The lowest BCUT2D eigenvalue weighted by molar-refractivity contribution is -0.148. The molecule has 0 radical (unpaired) electrons. The van der Waals surface area contributed by atoms with Crippen LogP contribution in [0.1, 0.15) is 90.5 Å². The molecular formula is C32H37NO8S. The summed E-state index contributed by atoms with van der Waals surface area (Å²) in [6, 6.07) is 6.51. The van der Waals surface area contributed by atoms with Crippen LogP contribution < -0.4 is 0 Å². The van der Waals surface area contributed by atoms with E-state index in [1.54, 1.807) is 26.8 Å². The van der Waals surface area contributed by atoms with Gasteiger partial charge in [0.05, 0.1) is 10.8 Å². The topological polar surface area (TPSA) is 116 Å². The third-order valence-corrected chi connectivity index (χ3v) is 9.20. The summed E-state index contributed by atoms with van der Waals surface area (Å²) in [5.41, 5.74) is 2.78. The van der Waals surface area contributed by atoms with Crippen LogP contribution in [0.5, 0.6) is 0 Å². The van der Waals surface area contributed by atoms with Crippen LogP contribution >= 0.6 is 11.3 Å². The van der Waals surface area contributed by atoms with E-state index in [2.05, 4.69) is 0 Å². The summed E-state index contributed by atoms with van der Waals surface area (Å²) in [7, 11) is 0. The third kappa shape index (κ3) is 6.75. The van der Waals surface area contributed by atoms with E-state index in [4.69, 9.17) is 14.2 Å². The fraction of sp³-hybridized carbons (Fsp3) is 0.531. The molecule has 0 bridgehead atoms. The minimum atomic E-state index is -0.767. The number of ether oxygens (including phenoxy) is 3. The summed E-state index contributed by atoms with van der Waals surface area (Å²) in [4.78, 5) is 66.1. The van der Waals surface area contributed by atoms with Gasteiger partial charge in [-0.3, -0.25) is 19.3 Å². The normalized spacial score (nSPS) is 18.3. The van der Waals surface area contributed by atoms with Gasteiger partial charge in [-0.05, 0) is 88.1 Å². The zero-order chi connectivity index (χ0) is 30.0.